The molecule has 0 amide bonds. The Morgan fingerprint density at radius 3 is 2.33 bits per heavy atom. The Morgan fingerprint density at radius 1 is 0.975 bits per heavy atom. The first-order valence-electron chi connectivity index (χ1n) is 13.5. The van der Waals surface area contributed by atoms with Crippen molar-refractivity contribution in [3.8, 4) is 22.6 Å². The number of benzene rings is 2. The summed E-state index contributed by atoms with van der Waals surface area (Å²) in [5.74, 6) is 0.710. The Labute approximate surface area is 240 Å². The Kier molecular flexibility index (Phi) is 6.53. The van der Waals surface area contributed by atoms with Gasteiger partial charge in [0.05, 0.1) is 28.3 Å². The van der Waals surface area contributed by atoms with Gasteiger partial charge in [0.2, 0.25) is 5.82 Å². The molecule has 2 bridgehead atoms. The van der Waals surface area contributed by atoms with E-state index in [0.29, 0.717) is 51.2 Å². The summed E-state index contributed by atoms with van der Waals surface area (Å²) in [5, 5.41) is 18.8. The van der Waals surface area contributed by atoms with E-state index in [1.165, 1.54) is 12.1 Å². The molecule has 1 unspecified atom stereocenters. The Balaban J connectivity index is 1.06. The Hall–Kier alpha value is -3.40. The number of hydrogen-bond acceptors (Lipinski definition) is 8. The van der Waals surface area contributed by atoms with Crippen LogP contribution in [0.3, 0.4) is 0 Å². The second-order valence-corrected chi connectivity index (χ2v) is 11.5. The molecule has 206 valence electrons. The zero-order valence-corrected chi connectivity index (χ0v) is 22.9. The van der Waals surface area contributed by atoms with Crippen LogP contribution >= 0.6 is 23.2 Å². The molecule has 2 aromatic carbocycles. The molecule has 0 radical (unpaired) electrons. The van der Waals surface area contributed by atoms with Gasteiger partial charge in [0.15, 0.2) is 0 Å². The number of nitrogens with zero attached hydrogens (tertiary/aromatic N) is 4. The summed E-state index contributed by atoms with van der Waals surface area (Å²) in [6, 6.07) is 12.8. The highest BCUT2D eigenvalue weighted by atomic mass is 35.5. The number of piperidine rings is 1. The van der Waals surface area contributed by atoms with Crippen molar-refractivity contribution in [2.24, 2.45) is 0 Å². The van der Waals surface area contributed by atoms with Gasteiger partial charge in [0, 0.05) is 34.7 Å². The average molecular weight is 581 g/mol. The third-order valence-electron chi connectivity index (χ3n) is 8.15. The zero-order valence-electron chi connectivity index (χ0n) is 21.4. The fourth-order valence-electron chi connectivity index (χ4n) is 6.02. The van der Waals surface area contributed by atoms with Crippen molar-refractivity contribution >= 4 is 35.2 Å². The second-order valence-electron chi connectivity index (χ2n) is 10.7. The van der Waals surface area contributed by atoms with Crippen LogP contribution in [0.25, 0.3) is 22.6 Å². The van der Waals surface area contributed by atoms with E-state index in [4.69, 9.17) is 42.1 Å². The average Bonchev–Trinajstić information content (AvgIpc) is 3.42. The molecule has 4 heterocycles. The molecular weight excluding hydrogens is 555 g/mol. The molecule has 3 atom stereocenters. The highest BCUT2D eigenvalue weighted by molar-refractivity contribution is 6.39. The van der Waals surface area contributed by atoms with Gasteiger partial charge in [0.1, 0.15) is 11.5 Å². The molecule has 1 aliphatic carbocycles. The summed E-state index contributed by atoms with van der Waals surface area (Å²) in [6.45, 7) is 0.382. The van der Waals surface area contributed by atoms with Crippen LogP contribution in [0.15, 0.2) is 51.5 Å². The van der Waals surface area contributed by atoms with E-state index < -0.39 is 5.97 Å². The van der Waals surface area contributed by atoms with Crippen LogP contribution in [-0.2, 0) is 11.3 Å². The topological polar surface area (TPSA) is 115 Å². The SMILES string of the molecule is O=C(O)c1ccc(-c2noc(N3[C@@H]4CC[C@H]3CC(OCc3c(-c5c(Cl)cccc5Cl)noc3C3CC3)C4)n2)cc1. The van der Waals surface area contributed by atoms with Crippen LogP contribution in [0, 0.1) is 0 Å². The summed E-state index contributed by atoms with van der Waals surface area (Å²) < 4.78 is 18.0. The van der Waals surface area contributed by atoms with Crippen LogP contribution in [0.5, 0.6) is 0 Å². The molecule has 11 heteroatoms. The van der Waals surface area contributed by atoms with Crippen molar-refractivity contribution in [1.82, 2.24) is 15.3 Å². The van der Waals surface area contributed by atoms with E-state index in [-0.39, 0.29) is 23.8 Å². The predicted molar refractivity (Wildman–Crippen MR) is 148 cm³/mol. The van der Waals surface area contributed by atoms with Crippen LogP contribution in [-0.4, -0.2) is 44.6 Å². The number of halogens is 2. The van der Waals surface area contributed by atoms with Crippen molar-refractivity contribution in [3.05, 3.63) is 69.4 Å². The Morgan fingerprint density at radius 2 is 1.68 bits per heavy atom. The van der Waals surface area contributed by atoms with Crippen molar-refractivity contribution in [2.45, 2.75) is 69.2 Å². The number of carboxylic acids is 1. The first-order valence-corrected chi connectivity index (χ1v) is 14.2. The van der Waals surface area contributed by atoms with Crippen LogP contribution in [0.2, 0.25) is 10.0 Å². The predicted octanol–water partition coefficient (Wildman–Crippen LogP) is 6.99. The molecule has 2 saturated heterocycles. The summed E-state index contributed by atoms with van der Waals surface area (Å²) in [4.78, 5) is 18.0. The maximum absolute atomic E-state index is 11.2. The highest BCUT2D eigenvalue weighted by Gasteiger charge is 2.44. The highest BCUT2D eigenvalue weighted by Crippen LogP contribution is 2.47. The van der Waals surface area contributed by atoms with Crippen molar-refractivity contribution < 1.29 is 23.7 Å². The monoisotopic (exact) mass is 580 g/mol. The minimum atomic E-state index is -0.973. The third-order valence-corrected chi connectivity index (χ3v) is 8.78. The third kappa shape index (κ3) is 4.66. The van der Waals surface area contributed by atoms with Gasteiger partial charge in [-0.25, -0.2) is 4.79 Å². The molecule has 40 heavy (non-hydrogen) atoms. The molecule has 2 aromatic heterocycles. The first kappa shape index (κ1) is 25.6. The van der Waals surface area contributed by atoms with Gasteiger partial charge in [-0.1, -0.05) is 51.7 Å². The van der Waals surface area contributed by atoms with Crippen molar-refractivity contribution in [1.29, 1.82) is 0 Å². The second kappa shape index (κ2) is 10.2. The van der Waals surface area contributed by atoms with Crippen LogP contribution in [0.4, 0.5) is 6.01 Å². The number of carbonyl (C=O) groups is 1. The number of fused-ring (bicyclic) bond motifs is 2. The fourth-order valence-corrected chi connectivity index (χ4v) is 6.60. The first-order chi connectivity index (χ1) is 19.5. The number of aromatic nitrogens is 3. The van der Waals surface area contributed by atoms with Crippen molar-refractivity contribution in [3.63, 3.8) is 0 Å². The normalized spacial score (nSPS) is 22.1. The van der Waals surface area contributed by atoms with Crippen molar-refractivity contribution in [2.75, 3.05) is 4.90 Å². The molecule has 3 aliphatic rings. The maximum Gasteiger partial charge on any atom is 0.335 e. The maximum atomic E-state index is 11.2. The summed E-state index contributed by atoms with van der Waals surface area (Å²) >= 11 is 13.0. The number of anilines is 1. The quantitative estimate of drug-likeness (QED) is 0.235. The van der Waals surface area contributed by atoms with Gasteiger partial charge in [-0.05, 0) is 62.8 Å². The van der Waals surface area contributed by atoms with Crippen LogP contribution < -0.4 is 4.90 Å². The lowest BCUT2D eigenvalue weighted by molar-refractivity contribution is 0.0138. The van der Waals surface area contributed by atoms with Gasteiger partial charge in [-0.15, -0.1) is 0 Å². The van der Waals surface area contributed by atoms with E-state index in [1.807, 2.05) is 6.07 Å². The summed E-state index contributed by atoms with van der Waals surface area (Å²) in [7, 11) is 0. The fraction of sp³-hybridized carbons (Fsp3) is 0.379. The zero-order chi connectivity index (χ0) is 27.4. The van der Waals surface area contributed by atoms with E-state index in [9.17, 15) is 4.79 Å². The minimum Gasteiger partial charge on any atom is -0.478 e. The molecule has 3 fully saturated rings. The van der Waals surface area contributed by atoms with E-state index >= 15 is 0 Å². The minimum absolute atomic E-state index is 0.0659. The largest absolute Gasteiger partial charge is 0.478 e. The van der Waals surface area contributed by atoms with Crippen LogP contribution in [0.1, 0.15) is 66.1 Å². The standard InChI is InChI=1S/C29H26Cl2N4O5/c30-22-2-1-3-23(31)24(22)25-21(26(39-33-25)15-4-5-15)14-38-20-12-18-10-11-19(13-20)35(18)29-32-27(34-40-29)16-6-8-17(9-7-16)28(36)37/h1-3,6-9,15,18-20H,4-5,10-14H2,(H,36,37)/t18-,19+,20?. The molecule has 9 nitrogen and oxygen atoms in total. The lowest BCUT2D eigenvalue weighted by Crippen LogP contribution is -2.45. The molecule has 0 spiro atoms. The molecule has 1 N–H and O–H groups in total. The molecular formula is C29H26Cl2N4O5. The molecule has 4 aromatic rings. The molecule has 2 aliphatic heterocycles. The lowest BCUT2D eigenvalue weighted by Gasteiger charge is -2.37. The Bertz CT molecular complexity index is 1530. The number of carboxylic acid groups (broad SMARTS) is 1. The van der Waals surface area contributed by atoms with E-state index in [0.717, 1.165) is 49.8 Å². The molecule has 1 saturated carbocycles. The van der Waals surface area contributed by atoms with Gasteiger partial charge in [-0.3, -0.25) is 0 Å². The number of aromatic carboxylic acids is 1. The van der Waals surface area contributed by atoms with E-state index in [2.05, 4.69) is 20.2 Å². The smallest absolute Gasteiger partial charge is 0.335 e. The summed E-state index contributed by atoms with van der Waals surface area (Å²) in [6.07, 6.45) is 5.96. The number of ether oxygens (including phenoxy) is 1. The van der Waals surface area contributed by atoms with Gasteiger partial charge in [-0.2, -0.15) is 4.98 Å². The number of hydrogen-bond donors (Lipinski definition) is 1. The van der Waals surface area contributed by atoms with E-state index in [1.54, 1.807) is 24.3 Å². The van der Waals surface area contributed by atoms with Gasteiger partial charge >= 0.3 is 12.0 Å². The number of rotatable bonds is 8. The molecule has 7 rings (SSSR count). The lowest BCUT2D eigenvalue weighted by atomic mass is 9.99. The van der Waals surface area contributed by atoms with Gasteiger partial charge < -0.3 is 23.8 Å². The summed E-state index contributed by atoms with van der Waals surface area (Å²) in [5.41, 5.74) is 3.19. The van der Waals surface area contributed by atoms with Gasteiger partial charge in [0.25, 0.3) is 0 Å².